The summed E-state index contributed by atoms with van der Waals surface area (Å²) in [5, 5.41) is 2.87. The van der Waals surface area contributed by atoms with E-state index in [1.54, 1.807) is 13.1 Å². The first-order valence-corrected chi connectivity index (χ1v) is 8.62. The molecule has 1 N–H and O–H groups in total. The van der Waals surface area contributed by atoms with E-state index in [-0.39, 0.29) is 5.91 Å². The van der Waals surface area contributed by atoms with Crippen LogP contribution in [0.5, 0.6) is 5.75 Å². The van der Waals surface area contributed by atoms with Crippen molar-refractivity contribution in [2.24, 2.45) is 0 Å². The number of hydrogen-bond donors (Lipinski definition) is 1. The lowest BCUT2D eigenvalue weighted by atomic mass is 10.1. The van der Waals surface area contributed by atoms with Crippen LogP contribution >= 0.6 is 0 Å². The predicted octanol–water partition coefficient (Wildman–Crippen LogP) is 3.80. The molecule has 1 amide bonds. The maximum Gasteiger partial charge on any atom is 0.265 e. The zero-order chi connectivity index (χ0) is 18.6. The van der Waals surface area contributed by atoms with Crippen molar-refractivity contribution < 1.29 is 9.53 Å². The van der Waals surface area contributed by atoms with Crippen molar-refractivity contribution in [2.45, 2.75) is 13.0 Å². The minimum Gasteiger partial charge on any atom is -0.481 e. The van der Waals surface area contributed by atoms with Gasteiger partial charge in [0, 0.05) is 29.8 Å². The number of hydrogen-bond acceptors (Lipinski definition) is 4. The van der Waals surface area contributed by atoms with Crippen LogP contribution in [0, 0.1) is 0 Å². The van der Waals surface area contributed by atoms with Crippen molar-refractivity contribution in [3.8, 4) is 17.0 Å². The monoisotopic (exact) mass is 358 g/mol. The smallest absolute Gasteiger partial charge is 0.265 e. The number of ether oxygens (including phenoxy) is 1. The second-order valence-corrected chi connectivity index (χ2v) is 6.09. The Balaban J connectivity index is 1.43. The van der Waals surface area contributed by atoms with Crippen LogP contribution in [0.15, 0.2) is 79.3 Å². The SMILES string of the molecule is C[C@H](Oc1ccccc1)C(=O)Nc1ccc(-c2cn3cccnc3n2)cc1. The highest BCUT2D eigenvalue weighted by Crippen LogP contribution is 2.21. The summed E-state index contributed by atoms with van der Waals surface area (Å²) in [6, 6.07) is 18.7. The van der Waals surface area contributed by atoms with Gasteiger partial charge in [0.15, 0.2) is 6.10 Å². The lowest BCUT2D eigenvalue weighted by Crippen LogP contribution is -2.30. The van der Waals surface area contributed by atoms with Crippen LogP contribution in [0.2, 0.25) is 0 Å². The van der Waals surface area contributed by atoms with Crippen LogP contribution in [-0.2, 0) is 4.79 Å². The number of imidazole rings is 1. The number of anilines is 1. The Hall–Kier alpha value is -3.67. The third-order valence-corrected chi connectivity index (χ3v) is 4.11. The number of nitrogens with zero attached hydrogens (tertiary/aromatic N) is 3. The fraction of sp³-hybridized carbons (Fsp3) is 0.0952. The van der Waals surface area contributed by atoms with Crippen molar-refractivity contribution in [3.63, 3.8) is 0 Å². The number of aromatic nitrogens is 3. The minimum atomic E-state index is -0.600. The molecule has 0 aliphatic heterocycles. The molecule has 6 heteroatoms. The van der Waals surface area contributed by atoms with E-state index in [1.165, 1.54) is 0 Å². The van der Waals surface area contributed by atoms with Crippen LogP contribution in [0.4, 0.5) is 5.69 Å². The van der Waals surface area contributed by atoms with E-state index in [2.05, 4.69) is 15.3 Å². The molecule has 4 aromatic rings. The fourth-order valence-corrected chi connectivity index (χ4v) is 2.69. The average molecular weight is 358 g/mol. The van der Waals surface area contributed by atoms with Gasteiger partial charge >= 0.3 is 0 Å². The van der Waals surface area contributed by atoms with Gasteiger partial charge in [-0.2, -0.15) is 0 Å². The van der Waals surface area contributed by atoms with Crippen molar-refractivity contribution in [2.75, 3.05) is 5.32 Å². The first-order chi connectivity index (χ1) is 13.2. The summed E-state index contributed by atoms with van der Waals surface area (Å²) in [5.74, 6) is 1.11. The van der Waals surface area contributed by atoms with Crippen LogP contribution < -0.4 is 10.1 Å². The maximum absolute atomic E-state index is 12.3. The molecule has 0 aliphatic rings. The van der Waals surface area contributed by atoms with Gasteiger partial charge < -0.3 is 10.1 Å². The average Bonchev–Trinajstić information content (AvgIpc) is 3.13. The van der Waals surface area contributed by atoms with Gasteiger partial charge in [0.1, 0.15) is 5.75 Å². The molecule has 2 heterocycles. The van der Waals surface area contributed by atoms with Crippen LogP contribution in [-0.4, -0.2) is 26.4 Å². The zero-order valence-electron chi connectivity index (χ0n) is 14.7. The topological polar surface area (TPSA) is 68.5 Å². The Morgan fingerprint density at radius 3 is 2.59 bits per heavy atom. The number of carbonyl (C=O) groups is 1. The van der Waals surface area contributed by atoms with Crippen molar-refractivity contribution >= 4 is 17.4 Å². The highest BCUT2D eigenvalue weighted by Gasteiger charge is 2.15. The maximum atomic E-state index is 12.3. The Kier molecular flexibility index (Phi) is 4.53. The molecule has 6 nitrogen and oxygen atoms in total. The second kappa shape index (κ2) is 7.29. The van der Waals surface area contributed by atoms with Gasteiger partial charge in [0.05, 0.1) is 5.69 Å². The highest BCUT2D eigenvalue weighted by molar-refractivity contribution is 5.94. The first-order valence-electron chi connectivity index (χ1n) is 8.62. The third kappa shape index (κ3) is 3.79. The van der Waals surface area contributed by atoms with Gasteiger partial charge in [-0.1, -0.05) is 30.3 Å². The van der Waals surface area contributed by atoms with Crippen molar-refractivity contribution in [1.82, 2.24) is 14.4 Å². The van der Waals surface area contributed by atoms with E-state index in [0.29, 0.717) is 17.2 Å². The van der Waals surface area contributed by atoms with Gasteiger partial charge in [-0.3, -0.25) is 9.20 Å². The largest absolute Gasteiger partial charge is 0.481 e. The molecular weight excluding hydrogens is 340 g/mol. The molecule has 1 atom stereocenters. The number of benzene rings is 2. The molecule has 0 saturated heterocycles. The van der Waals surface area contributed by atoms with Crippen molar-refractivity contribution in [1.29, 1.82) is 0 Å². The number of carbonyl (C=O) groups excluding carboxylic acids is 1. The lowest BCUT2D eigenvalue weighted by Gasteiger charge is -2.14. The molecule has 4 rings (SSSR count). The molecule has 0 radical (unpaired) electrons. The van der Waals surface area contributed by atoms with Crippen molar-refractivity contribution in [3.05, 3.63) is 79.3 Å². The summed E-state index contributed by atoms with van der Waals surface area (Å²) in [7, 11) is 0. The Labute approximate surface area is 156 Å². The van der Waals surface area contributed by atoms with E-state index in [9.17, 15) is 4.79 Å². The standard InChI is InChI=1S/C21H18N4O2/c1-15(27-18-6-3-2-4-7-18)20(26)23-17-10-8-16(9-11-17)19-14-25-13-5-12-22-21(25)24-19/h2-15H,1H3,(H,23,26)/t15-/m0/s1. The van der Waals surface area contributed by atoms with E-state index in [4.69, 9.17) is 4.74 Å². The molecular formula is C21H18N4O2. The molecule has 0 aliphatic carbocycles. The summed E-state index contributed by atoms with van der Waals surface area (Å²) in [5.41, 5.74) is 2.48. The minimum absolute atomic E-state index is 0.205. The van der Waals surface area contributed by atoms with E-state index >= 15 is 0 Å². The van der Waals surface area contributed by atoms with Crippen LogP contribution in [0.3, 0.4) is 0 Å². The molecule has 134 valence electrons. The molecule has 2 aromatic heterocycles. The summed E-state index contributed by atoms with van der Waals surface area (Å²) in [4.78, 5) is 21.0. The van der Waals surface area contributed by atoms with E-state index < -0.39 is 6.10 Å². The van der Waals surface area contributed by atoms with Gasteiger partial charge in [0.2, 0.25) is 5.78 Å². The number of amides is 1. The normalized spacial score (nSPS) is 11.9. The number of para-hydroxylation sites is 1. The molecule has 27 heavy (non-hydrogen) atoms. The number of rotatable bonds is 5. The fourth-order valence-electron chi connectivity index (χ4n) is 2.69. The number of fused-ring (bicyclic) bond motifs is 1. The van der Waals surface area contributed by atoms with Gasteiger partial charge in [0.25, 0.3) is 5.91 Å². The van der Waals surface area contributed by atoms with Crippen LogP contribution in [0.1, 0.15) is 6.92 Å². The molecule has 2 aromatic carbocycles. The molecule has 0 unspecified atom stereocenters. The number of nitrogens with one attached hydrogen (secondary N) is 1. The van der Waals surface area contributed by atoms with E-state index in [0.717, 1.165) is 11.3 Å². The Morgan fingerprint density at radius 1 is 1.07 bits per heavy atom. The lowest BCUT2D eigenvalue weighted by molar-refractivity contribution is -0.122. The summed E-state index contributed by atoms with van der Waals surface area (Å²) >= 11 is 0. The second-order valence-electron chi connectivity index (χ2n) is 6.09. The highest BCUT2D eigenvalue weighted by atomic mass is 16.5. The Morgan fingerprint density at radius 2 is 1.85 bits per heavy atom. The Bertz CT molecular complexity index is 1030. The van der Waals surface area contributed by atoms with Gasteiger partial charge in [-0.25, -0.2) is 9.97 Å². The molecule has 0 spiro atoms. The molecule has 0 saturated carbocycles. The molecule has 0 bridgehead atoms. The third-order valence-electron chi connectivity index (χ3n) is 4.11. The summed E-state index contributed by atoms with van der Waals surface area (Å²) < 4.78 is 7.51. The van der Waals surface area contributed by atoms with Crippen LogP contribution in [0.25, 0.3) is 17.0 Å². The molecule has 0 fully saturated rings. The van der Waals surface area contributed by atoms with Gasteiger partial charge in [-0.15, -0.1) is 0 Å². The van der Waals surface area contributed by atoms with Gasteiger partial charge in [-0.05, 0) is 37.3 Å². The predicted molar refractivity (Wildman–Crippen MR) is 104 cm³/mol. The van der Waals surface area contributed by atoms with E-state index in [1.807, 2.05) is 77.5 Å². The summed E-state index contributed by atoms with van der Waals surface area (Å²) in [6.07, 6.45) is 4.94. The summed E-state index contributed by atoms with van der Waals surface area (Å²) in [6.45, 7) is 1.72. The zero-order valence-corrected chi connectivity index (χ0v) is 14.7. The quantitative estimate of drug-likeness (QED) is 0.589. The first kappa shape index (κ1) is 16.8.